The van der Waals surface area contributed by atoms with Crippen molar-refractivity contribution in [3.8, 4) is 11.3 Å². The van der Waals surface area contributed by atoms with Gasteiger partial charge in [0.25, 0.3) is 0 Å². The van der Waals surface area contributed by atoms with Crippen LogP contribution in [0, 0.1) is 17.5 Å². The number of aryl methyl sites for hydroxylation is 1. The van der Waals surface area contributed by atoms with Crippen molar-refractivity contribution in [2.24, 2.45) is 7.05 Å². The monoisotopic (exact) mass is 410 g/mol. The lowest BCUT2D eigenvalue weighted by atomic mass is 9.95. The molecule has 0 saturated carbocycles. The molecule has 1 aliphatic heterocycles. The van der Waals surface area contributed by atoms with E-state index in [2.05, 4.69) is 20.4 Å². The molecule has 0 radical (unpaired) electrons. The highest BCUT2D eigenvalue weighted by molar-refractivity contribution is 5.57. The largest absolute Gasteiger partial charge is 0.394 e. The summed E-state index contributed by atoms with van der Waals surface area (Å²) < 4.78 is 48.8. The molecule has 12 heteroatoms. The Morgan fingerprint density at radius 3 is 2.59 bits per heavy atom. The van der Waals surface area contributed by atoms with Crippen LogP contribution in [-0.2, 0) is 11.8 Å². The number of hydrogen-bond donors (Lipinski definition) is 2. The van der Waals surface area contributed by atoms with Gasteiger partial charge in [0.2, 0.25) is 0 Å². The summed E-state index contributed by atoms with van der Waals surface area (Å²) in [4.78, 5) is 4.14. The van der Waals surface area contributed by atoms with Crippen LogP contribution in [0.3, 0.4) is 0 Å². The van der Waals surface area contributed by atoms with E-state index in [1.54, 1.807) is 7.05 Å². The second kappa shape index (κ2) is 7.54. The Labute approximate surface area is 162 Å². The van der Waals surface area contributed by atoms with Gasteiger partial charge in [-0.15, -0.1) is 5.10 Å². The molecule has 3 aromatic rings. The van der Waals surface area contributed by atoms with E-state index >= 15 is 0 Å². The van der Waals surface area contributed by atoms with E-state index in [0.29, 0.717) is 5.82 Å². The van der Waals surface area contributed by atoms with Crippen molar-refractivity contribution in [2.75, 3.05) is 6.61 Å². The number of ether oxygens (including phenoxy) is 1. The molecule has 0 amide bonds. The molecular formula is C17H17F3N6O3. The van der Waals surface area contributed by atoms with E-state index in [1.165, 1.54) is 21.9 Å². The zero-order valence-corrected chi connectivity index (χ0v) is 15.2. The van der Waals surface area contributed by atoms with E-state index in [0.717, 1.165) is 12.1 Å². The normalized spacial score (nSPS) is 24.8. The molecule has 3 heterocycles. The number of aromatic nitrogens is 6. The Morgan fingerprint density at radius 2 is 1.97 bits per heavy atom. The summed E-state index contributed by atoms with van der Waals surface area (Å²) in [5.41, 5.74) is 0.0926. The first-order chi connectivity index (χ1) is 13.9. The minimum Gasteiger partial charge on any atom is -0.394 e. The van der Waals surface area contributed by atoms with E-state index in [1.807, 2.05) is 0 Å². The molecular weight excluding hydrogens is 393 g/mol. The van der Waals surface area contributed by atoms with Crippen molar-refractivity contribution in [3.05, 3.63) is 47.9 Å². The van der Waals surface area contributed by atoms with Crippen LogP contribution in [0.15, 0.2) is 24.7 Å². The highest BCUT2D eigenvalue weighted by atomic mass is 19.2. The molecule has 9 nitrogen and oxygen atoms in total. The van der Waals surface area contributed by atoms with E-state index in [9.17, 15) is 23.4 Å². The topological polar surface area (TPSA) is 111 Å². The Hall–Kier alpha value is -2.83. The van der Waals surface area contributed by atoms with Crippen LogP contribution in [0.5, 0.6) is 0 Å². The molecule has 1 aliphatic rings. The molecule has 0 bridgehead atoms. The van der Waals surface area contributed by atoms with Crippen molar-refractivity contribution >= 4 is 0 Å². The highest BCUT2D eigenvalue weighted by Gasteiger charge is 2.41. The van der Waals surface area contributed by atoms with Gasteiger partial charge in [0.05, 0.1) is 18.8 Å². The van der Waals surface area contributed by atoms with Gasteiger partial charge in [-0.3, -0.25) is 4.68 Å². The highest BCUT2D eigenvalue weighted by Crippen LogP contribution is 2.37. The summed E-state index contributed by atoms with van der Waals surface area (Å²) in [5.74, 6) is -3.76. The van der Waals surface area contributed by atoms with Crippen molar-refractivity contribution in [1.29, 1.82) is 0 Å². The maximum atomic E-state index is 13.5. The zero-order chi connectivity index (χ0) is 20.7. The molecule has 2 aromatic heterocycles. The maximum absolute atomic E-state index is 13.5. The van der Waals surface area contributed by atoms with Gasteiger partial charge in [-0.1, -0.05) is 5.21 Å². The lowest BCUT2D eigenvalue weighted by Gasteiger charge is -2.38. The fourth-order valence-corrected chi connectivity index (χ4v) is 3.41. The van der Waals surface area contributed by atoms with E-state index in [-0.39, 0.29) is 17.7 Å². The fraction of sp³-hybridized carbons (Fsp3) is 0.412. The van der Waals surface area contributed by atoms with Gasteiger partial charge in [0, 0.05) is 19.0 Å². The minimum atomic E-state index is -1.57. The molecule has 2 N–H and O–H groups in total. The molecule has 154 valence electrons. The summed E-state index contributed by atoms with van der Waals surface area (Å²) >= 11 is 0. The van der Waals surface area contributed by atoms with Crippen LogP contribution in [0.25, 0.3) is 11.3 Å². The summed E-state index contributed by atoms with van der Waals surface area (Å²) in [7, 11) is 1.69. The Balaban J connectivity index is 1.65. The van der Waals surface area contributed by atoms with Crippen LogP contribution in [-0.4, -0.2) is 58.8 Å². The van der Waals surface area contributed by atoms with Crippen molar-refractivity contribution in [3.63, 3.8) is 0 Å². The average molecular weight is 410 g/mol. The molecule has 29 heavy (non-hydrogen) atoms. The third-order valence-electron chi connectivity index (χ3n) is 4.91. The second-order valence-electron chi connectivity index (χ2n) is 6.72. The number of hydrogen-bond acceptors (Lipinski definition) is 7. The standard InChI is InChI=1S/C17H17F3N6O3/c1-25-17(21-7-22-25)13-4-12(16(28)14(6-27)29-13)26-5-11(23-24-26)8-2-9(18)15(20)10(19)3-8/h2-3,5,7,12-14,16,27-28H,4,6H2,1H3. The van der Waals surface area contributed by atoms with Gasteiger partial charge in [0.1, 0.15) is 30.3 Å². The lowest BCUT2D eigenvalue weighted by molar-refractivity contribution is -0.161. The van der Waals surface area contributed by atoms with Gasteiger partial charge >= 0.3 is 0 Å². The number of aliphatic hydroxyl groups is 2. The van der Waals surface area contributed by atoms with Crippen molar-refractivity contribution in [1.82, 2.24) is 29.8 Å². The van der Waals surface area contributed by atoms with E-state index in [4.69, 9.17) is 4.74 Å². The minimum absolute atomic E-state index is 0.00208. The number of benzene rings is 1. The van der Waals surface area contributed by atoms with Crippen LogP contribution >= 0.6 is 0 Å². The number of aliphatic hydroxyl groups excluding tert-OH is 2. The Bertz CT molecular complexity index is 1000. The van der Waals surface area contributed by atoms with E-state index < -0.39 is 48.4 Å². The second-order valence-corrected chi connectivity index (χ2v) is 6.72. The summed E-state index contributed by atoms with van der Waals surface area (Å²) in [6.07, 6.45) is 0.357. The number of halogens is 3. The Kier molecular flexibility index (Phi) is 5.06. The van der Waals surface area contributed by atoms with Crippen LogP contribution < -0.4 is 0 Å². The molecule has 1 saturated heterocycles. The predicted octanol–water partition coefficient (Wildman–Crippen LogP) is 0.915. The van der Waals surface area contributed by atoms with Gasteiger partial charge in [-0.2, -0.15) is 5.10 Å². The smallest absolute Gasteiger partial charge is 0.194 e. The zero-order valence-electron chi connectivity index (χ0n) is 15.2. The maximum Gasteiger partial charge on any atom is 0.194 e. The quantitative estimate of drug-likeness (QED) is 0.615. The fourth-order valence-electron chi connectivity index (χ4n) is 3.41. The number of nitrogens with zero attached hydrogens (tertiary/aromatic N) is 6. The predicted molar refractivity (Wildman–Crippen MR) is 90.7 cm³/mol. The molecule has 1 fully saturated rings. The molecule has 4 unspecified atom stereocenters. The lowest BCUT2D eigenvalue weighted by Crippen LogP contribution is -2.45. The third kappa shape index (κ3) is 3.50. The number of rotatable bonds is 4. The summed E-state index contributed by atoms with van der Waals surface area (Å²) in [6.45, 7) is -0.443. The first kappa shape index (κ1) is 19.5. The molecule has 1 aromatic carbocycles. The van der Waals surface area contributed by atoms with Crippen LogP contribution in [0.2, 0.25) is 0 Å². The SMILES string of the molecule is Cn1ncnc1C1CC(n2cc(-c3cc(F)c(F)c(F)c3)nn2)C(O)C(CO)O1. The first-order valence-electron chi connectivity index (χ1n) is 8.74. The summed E-state index contributed by atoms with van der Waals surface area (Å²) in [6, 6.07) is 0.956. The Morgan fingerprint density at radius 1 is 1.24 bits per heavy atom. The molecule has 4 rings (SSSR count). The van der Waals surface area contributed by atoms with Gasteiger partial charge in [-0.25, -0.2) is 22.8 Å². The van der Waals surface area contributed by atoms with Gasteiger partial charge < -0.3 is 14.9 Å². The van der Waals surface area contributed by atoms with Crippen molar-refractivity contribution < 1.29 is 28.1 Å². The molecule has 0 aliphatic carbocycles. The van der Waals surface area contributed by atoms with Crippen molar-refractivity contribution in [2.45, 2.75) is 30.8 Å². The molecule has 0 spiro atoms. The molecule has 4 atom stereocenters. The van der Waals surface area contributed by atoms with Gasteiger partial charge in [0.15, 0.2) is 23.3 Å². The van der Waals surface area contributed by atoms with Gasteiger partial charge in [-0.05, 0) is 12.1 Å². The van der Waals surface area contributed by atoms with Crippen LogP contribution in [0.4, 0.5) is 13.2 Å². The summed E-state index contributed by atoms with van der Waals surface area (Å²) in [5, 5.41) is 32.0. The average Bonchev–Trinajstić information content (AvgIpc) is 3.35. The first-order valence-corrected chi connectivity index (χ1v) is 8.74. The third-order valence-corrected chi connectivity index (χ3v) is 4.91. The van der Waals surface area contributed by atoms with Crippen LogP contribution in [0.1, 0.15) is 24.4 Å².